The third-order valence-corrected chi connectivity index (χ3v) is 5.66. The average Bonchev–Trinajstić information content (AvgIpc) is 3.25. The third-order valence-electron chi connectivity index (χ3n) is 4.67. The van der Waals surface area contributed by atoms with Gasteiger partial charge in [0.15, 0.2) is 5.16 Å². The van der Waals surface area contributed by atoms with Crippen LogP contribution in [-0.4, -0.2) is 33.4 Å². The monoisotopic (exact) mass is 479 g/mol. The van der Waals surface area contributed by atoms with Crippen molar-refractivity contribution in [1.82, 2.24) is 14.8 Å². The zero-order valence-electron chi connectivity index (χ0n) is 18.4. The number of nitrogens with zero attached hydrogens (tertiary/aromatic N) is 3. The molecule has 4 rings (SSSR count). The molecule has 2 amide bonds. The number of carbonyl (C=O) groups excluding carboxylic acids is 2. The smallest absolute Gasteiger partial charge is 0.411 e. The lowest BCUT2D eigenvalue weighted by Crippen LogP contribution is -2.13. The van der Waals surface area contributed by atoms with E-state index in [0.717, 1.165) is 16.6 Å². The number of ether oxygens (including phenoxy) is 1. The highest BCUT2D eigenvalue weighted by Crippen LogP contribution is 2.28. The quantitative estimate of drug-likeness (QED) is 0.298. The summed E-state index contributed by atoms with van der Waals surface area (Å²) in [6, 6.07) is 13.8. The van der Waals surface area contributed by atoms with Crippen LogP contribution in [0.4, 0.5) is 16.2 Å². The van der Waals surface area contributed by atoms with Crippen molar-refractivity contribution in [2.45, 2.75) is 24.8 Å². The predicted octanol–water partition coefficient (Wildman–Crippen LogP) is 4.19. The van der Waals surface area contributed by atoms with Crippen LogP contribution in [0.1, 0.15) is 19.4 Å². The Hall–Kier alpha value is -4.12. The molecular weight excluding hydrogens is 458 g/mol. The first-order chi connectivity index (χ1) is 16.4. The predicted molar refractivity (Wildman–Crippen MR) is 128 cm³/mol. The Kier molecular flexibility index (Phi) is 6.93. The Morgan fingerprint density at radius 2 is 1.94 bits per heavy atom. The highest BCUT2D eigenvalue weighted by Gasteiger charge is 2.13. The summed E-state index contributed by atoms with van der Waals surface area (Å²) in [4.78, 5) is 35.2. The zero-order valence-corrected chi connectivity index (χ0v) is 19.2. The average molecular weight is 480 g/mol. The van der Waals surface area contributed by atoms with E-state index in [0.29, 0.717) is 27.9 Å². The van der Waals surface area contributed by atoms with Crippen LogP contribution in [0.25, 0.3) is 16.7 Å². The van der Waals surface area contributed by atoms with Crippen LogP contribution in [0.5, 0.6) is 0 Å². The molecule has 0 bridgehead atoms. The number of anilines is 2. The first kappa shape index (κ1) is 23.1. The van der Waals surface area contributed by atoms with Gasteiger partial charge in [-0.1, -0.05) is 17.8 Å². The molecule has 2 aromatic carbocycles. The second-order valence-corrected chi connectivity index (χ2v) is 8.09. The Balaban J connectivity index is 1.57. The molecule has 0 fully saturated rings. The van der Waals surface area contributed by atoms with Crippen molar-refractivity contribution in [1.29, 1.82) is 0 Å². The fourth-order valence-electron chi connectivity index (χ4n) is 3.29. The summed E-state index contributed by atoms with van der Waals surface area (Å²) >= 11 is 1.40. The van der Waals surface area contributed by atoms with Crippen LogP contribution in [0.2, 0.25) is 0 Å². The lowest BCUT2D eigenvalue weighted by molar-refractivity contribution is -0.114. The van der Waals surface area contributed by atoms with Crippen molar-refractivity contribution in [3.63, 3.8) is 0 Å². The Bertz CT molecular complexity index is 1410. The van der Waals surface area contributed by atoms with Crippen LogP contribution >= 0.6 is 11.8 Å². The Labute approximate surface area is 198 Å². The molecule has 0 saturated heterocycles. The van der Waals surface area contributed by atoms with Gasteiger partial charge in [-0.15, -0.1) is 10.2 Å². The lowest BCUT2D eigenvalue weighted by atomic mass is 10.1. The minimum absolute atomic E-state index is 0.161. The minimum atomic E-state index is -0.585. The van der Waals surface area contributed by atoms with E-state index in [4.69, 9.17) is 9.15 Å². The van der Waals surface area contributed by atoms with E-state index < -0.39 is 11.7 Å². The molecule has 174 valence electrons. The van der Waals surface area contributed by atoms with Gasteiger partial charge in [-0.3, -0.25) is 14.7 Å². The molecule has 0 spiro atoms. The van der Waals surface area contributed by atoms with Crippen LogP contribution in [0.15, 0.2) is 69.2 Å². The van der Waals surface area contributed by atoms with E-state index in [1.165, 1.54) is 24.8 Å². The second-order valence-electron chi connectivity index (χ2n) is 7.15. The number of hydrogen-bond donors (Lipinski definition) is 2. The van der Waals surface area contributed by atoms with Gasteiger partial charge in [0, 0.05) is 41.6 Å². The molecular formula is C23H21N5O5S. The number of thioether (sulfide) groups is 1. The number of carbonyl (C=O) groups is 2. The molecule has 2 N–H and O–H groups in total. The molecule has 0 radical (unpaired) electrons. The lowest BCUT2D eigenvalue weighted by Gasteiger charge is -2.10. The van der Waals surface area contributed by atoms with Crippen molar-refractivity contribution in [2.24, 2.45) is 0 Å². The van der Waals surface area contributed by atoms with E-state index in [9.17, 15) is 14.4 Å². The van der Waals surface area contributed by atoms with Gasteiger partial charge in [-0.2, -0.15) is 0 Å². The maximum Gasteiger partial charge on any atom is 0.411 e. The van der Waals surface area contributed by atoms with Gasteiger partial charge in [-0.05, 0) is 42.8 Å². The maximum absolute atomic E-state index is 12.2. The van der Waals surface area contributed by atoms with Gasteiger partial charge < -0.3 is 14.5 Å². The van der Waals surface area contributed by atoms with Crippen LogP contribution in [0.3, 0.4) is 0 Å². The summed E-state index contributed by atoms with van der Waals surface area (Å²) in [7, 11) is 0. The first-order valence-corrected chi connectivity index (χ1v) is 11.3. The number of benzene rings is 2. The van der Waals surface area contributed by atoms with E-state index in [2.05, 4.69) is 20.8 Å². The summed E-state index contributed by atoms with van der Waals surface area (Å²) in [6.45, 7) is 3.41. The molecule has 0 unspecified atom stereocenters. The number of aromatic nitrogens is 3. The maximum atomic E-state index is 12.2. The highest BCUT2D eigenvalue weighted by molar-refractivity contribution is 7.98. The van der Waals surface area contributed by atoms with E-state index >= 15 is 0 Å². The van der Waals surface area contributed by atoms with Gasteiger partial charge in [0.25, 0.3) is 0 Å². The van der Waals surface area contributed by atoms with Crippen molar-refractivity contribution in [2.75, 3.05) is 17.2 Å². The molecule has 0 saturated carbocycles. The summed E-state index contributed by atoms with van der Waals surface area (Å²) < 4.78 is 12.0. The SMILES string of the molecule is CCOC(=O)Nc1ccc2c(CSc3nncn3-c3cccc(NC(C)=O)c3)cc(=O)oc2c1. The van der Waals surface area contributed by atoms with E-state index in [1.807, 2.05) is 18.2 Å². The molecule has 2 aromatic heterocycles. The number of amides is 2. The van der Waals surface area contributed by atoms with Crippen molar-refractivity contribution < 1.29 is 18.7 Å². The van der Waals surface area contributed by atoms with Crippen LogP contribution in [-0.2, 0) is 15.3 Å². The van der Waals surface area contributed by atoms with Gasteiger partial charge >= 0.3 is 11.7 Å². The van der Waals surface area contributed by atoms with Crippen molar-refractivity contribution in [3.8, 4) is 5.69 Å². The van der Waals surface area contributed by atoms with Gasteiger partial charge in [0.2, 0.25) is 5.91 Å². The van der Waals surface area contributed by atoms with Gasteiger partial charge in [0.1, 0.15) is 11.9 Å². The van der Waals surface area contributed by atoms with Gasteiger partial charge in [-0.25, -0.2) is 9.59 Å². The van der Waals surface area contributed by atoms with Crippen LogP contribution in [0, 0.1) is 0 Å². The van der Waals surface area contributed by atoms with Gasteiger partial charge in [0.05, 0.1) is 12.3 Å². The number of hydrogen-bond acceptors (Lipinski definition) is 8. The molecule has 0 aliphatic heterocycles. The fraction of sp³-hybridized carbons (Fsp3) is 0.174. The number of rotatable bonds is 7. The first-order valence-electron chi connectivity index (χ1n) is 10.3. The van der Waals surface area contributed by atoms with Crippen LogP contribution < -0.4 is 16.3 Å². The molecule has 4 aromatic rings. The third kappa shape index (κ3) is 5.44. The van der Waals surface area contributed by atoms with E-state index in [-0.39, 0.29) is 12.5 Å². The Morgan fingerprint density at radius 3 is 2.74 bits per heavy atom. The molecule has 0 aliphatic rings. The Morgan fingerprint density at radius 1 is 1.12 bits per heavy atom. The van der Waals surface area contributed by atoms with Crippen molar-refractivity contribution in [3.05, 3.63) is 70.8 Å². The summed E-state index contributed by atoms with van der Waals surface area (Å²) in [6.07, 6.45) is 0.998. The highest BCUT2D eigenvalue weighted by atomic mass is 32.2. The molecule has 0 atom stereocenters. The minimum Gasteiger partial charge on any atom is -0.450 e. The second kappa shape index (κ2) is 10.2. The summed E-state index contributed by atoms with van der Waals surface area (Å²) in [5.74, 6) is 0.266. The topological polar surface area (TPSA) is 128 Å². The molecule has 34 heavy (non-hydrogen) atoms. The van der Waals surface area contributed by atoms with Crippen molar-refractivity contribution >= 4 is 46.1 Å². The summed E-state index contributed by atoms with van der Waals surface area (Å²) in [5, 5.41) is 14.9. The largest absolute Gasteiger partial charge is 0.450 e. The molecule has 2 heterocycles. The number of fused-ring (bicyclic) bond motifs is 1. The molecule has 10 nitrogen and oxygen atoms in total. The normalized spacial score (nSPS) is 10.8. The molecule has 0 aliphatic carbocycles. The van der Waals surface area contributed by atoms with E-state index in [1.54, 1.807) is 42.1 Å². The molecule has 11 heteroatoms. The zero-order chi connectivity index (χ0) is 24.1. The summed E-state index contributed by atoms with van der Waals surface area (Å²) in [5.41, 5.74) is 2.50. The number of nitrogens with one attached hydrogen (secondary N) is 2. The standard InChI is InChI=1S/C23H21N5O5S/c1-3-32-23(31)26-17-7-8-19-15(9-21(30)33-20(19)11-17)12-34-22-27-24-13-28(22)18-6-4-5-16(10-18)25-14(2)29/h4-11,13H,3,12H2,1-2H3,(H,25,29)(H,26,31). The fourth-order valence-corrected chi connectivity index (χ4v) is 4.21.